The highest BCUT2D eigenvalue weighted by Crippen LogP contribution is 2.28. The van der Waals surface area contributed by atoms with Crippen LogP contribution in [0.25, 0.3) is 11.4 Å². The number of aromatic nitrogens is 5. The van der Waals surface area contributed by atoms with E-state index in [4.69, 9.17) is 0 Å². The summed E-state index contributed by atoms with van der Waals surface area (Å²) in [4.78, 5) is 12.2. The number of aryl methyl sites for hydroxylation is 1. The van der Waals surface area contributed by atoms with Gasteiger partial charge in [-0.15, -0.1) is 20.4 Å². The van der Waals surface area contributed by atoms with Crippen LogP contribution in [-0.4, -0.2) is 36.6 Å². The number of rotatable bonds is 5. The summed E-state index contributed by atoms with van der Waals surface area (Å²) < 4.78 is 1.90. The van der Waals surface area contributed by atoms with Gasteiger partial charge in [0.25, 0.3) is 0 Å². The Morgan fingerprint density at radius 2 is 2.00 bits per heavy atom. The fourth-order valence-electron chi connectivity index (χ4n) is 2.34. The maximum absolute atomic E-state index is 12.2. The quantitative estimate of drug-likeness (QED) is 0.656. The number of carbonyl (C=O) groups excluding carboxylic acids is 1. The minimum Gasteiger partial charge on any atom is -0.305 e. The second-order valence-electron chi connectivity index (χ2n) is 7.23. The highest BCUT2D eigenvalue weighted by molar-refractivity contribution is 7.99. The molecule has 0 radical (unpaired) electrons. The third-order valence-electron chi connectivity index (χ3n) is 3.76. The molecule has 0 atom stereocenters. The van der Waals surface area contributed by atoms with E-state index in [-0.39, 0.29) is 17.1 Å². The minimum atomic E-state index is -0.142. The van der Waals surface area contributed by atoms with E-state index < -0.39 is 0 Å². The highest BCUT2D eigenvalue weighted by Gasteiger charge is 2.20. The molecule has 9 heteroatoms. The zero-order chi connectivity index (χ0) is 19.6. The maximum Gasteiger partial charge on any atom is 0.236 e. The monoisotopic (exact) mass is 402 g/mol. The van der Waals surface area contributed by atoms with Crippen molar-refractivity contribution in [3.63, 3.8) is 0 Å². The number of thioether (sulfide) groups is 1. The van der Waals surface area contributed by atoms with Crippen molar-refractivity contribution in [2.45, 2.75) is 38.3 Å². The SMILES string of the molecule is Cc1cccc(-c2nnc(SCC(=O)Nc3nnc(C(C)(C)C)s3)n2C)c1. The first-order valence-electron chi connectivity index (χ1n) is 8.47. The third-order valence-corrected chi connectivity index (χ3v) is 6.04. The average molecular weight is 403 g/mol. The number of anilines is 1. The van der Waals surface area contributed by atoms with Crippen molar-refractivity contribution in [1.82, 2.24) is 25.0 Å². The number of nitrogens with zero attached hydrogens (tertiary/aromatic N) is 5. The Morgan fingerprint density at radius 3 is 2.67 bits per heavy atom. The van der Waals surface area contributed by atoms with E-state index in [0.717, 1.165) is 22.0 Å². The molecule has 7 nitrogen and oxygen atoms in total. The largest absolute Gasteiger partial charge is 0.305 e. The Kier molecular flexibility index (Phi) is 5.61. The van der Waals surface area contributed by atoms with Gasteiger partial charge in [0.05, 0.1) is 5.75 Å². The lowest BCUT2D eigenvalue weighted by Crippen LogP contribution is -2.14. The van der Waals surface area contributed by atoms with Crippen molar-refractivity contribution in [2.24, 2.45) is 7.05 Å². The van der Waals surface area contributed by atoms with E-state index in [1.807, 2.05) is 36.7 Å². The molecule has 27 heavy (non-hydrogen) atoms. The molecule has 0 fully saturated rings. The van der Waals surface area contributed by atoms with Gasteiger partial charge in [-0.1, -0.05) is 67.6 Å². The average Bonchev–Trinajstić information content (AvgIpc) is 3.20. The Labute approximate surface area is 166 Å². The zero-order valence-electron chi connectivity index (χ0n) is 16.0. The molecular formula is C18H22N6OS2. The van der Waals surface area contributed by atoms with E-state index in [2.05, 4.69) is 52.5 Å². The molecule has 3 aromatic rings. The number of amides is 1. The van der Waals surface area contributed by atoms with Crippen LogP contribution in [0.15, 0.2) is 29.4 Å². The summed E-state index contributed by atoms with van der Waals surface area (Å²) >= 11 is 2.74. The predicted molar refractivity (Wildman–Crippen MR) is 109 cm³/mol. The van der Waals surface area contributed by atoms with Crippen molar-refractivity contribution in [1.29, 1.82) is 0 Å². The normalized spacial score (nSPS) is 11.6. The van der Waals surface area contributed by atoms with Gasteiger partial charge in [-0.05, 0) is 13.0 Å². The van der Waals surface area contributed by atoms with E-state index >= 15 is 0 Å². The van der Waals surface area contributed by atoms with Crippen LogP contribution < -0.4 is 5.32 Å². The molecule has 2 aromatic heterocycles. The Hall–Kier alpha value is -2.26. The predicted octanol–water partition coefficient (Wildman–Crippen LogP) is 3.67. The van der Waals surface area contributed by atoms with Gasteiger partial charge < -0.3 is 4.57 Å². The van der Waals surface area contributed by atoms with Gasteiger partial charge >= 0.3 is 0 Å². The number of hydrogen-bond donors (Lipinski definition) is 1. The number of nitrogens with one attached hydrogen (secondary N) is 1. The Morgan fingerprint density at radius 1 is 1.22 bits per heavy atom. The summed E-state index contributed by atoms with van der Waals surface area (Å²) in [7, 11) is 1.90. The minimum absolute atomic E-state index is 0.0831. The molecule has 0 aliphatic carbocycles. The van der Waals surface area contributed by atoms with Gasteiger partial charge in [-0.3, -0.25) is 10.1 Å². The molecule has 1 aromatic carbocycles. The molecule has 0 spiro atoms. The van der Waals surface area contributed by atoms with E-state index in [1.54, 1.807) is 0 Å². The first-order valence-corrected chi connectivity index (χ1v) is 10.3. The van der Waals surface area contributed by atoms with Crippen molar-refractivity contribution in [3.05, 3.63) is 34.8 Å². The third kappa shape index (κ3) is 4.72. The standard InChI is InChI=1S/C18H22N6OS2/c1-11-7-6-8-12(9-11)14-20-23-17(24(14)5)26-10-13(25)19-16-22-21-15(27-16)18(2,3)4/h6-9H,10H2,1-5H3,(H,19,22,25). The Bertz CT molecular complexity index is 957. The van der Waals surface area contributed by atoms with Crippen LogP contribution in [0.1, 0.15) is 31.3 Å². The smallest absolute Gasteiger partial charge is 0.236 e. The molecule has 0 bridgehead atoms. The fourth-order valence-corrected chi connectivity index (χ4v) is 3.87. The van der Waals surface area contributed by atoms with Crippen LogP contribution in [-0.2, 0) is 17.3 Å². The number of hydrogen-bond acceptors (Lipinski definition) is 7. The molecule has 0 aliphatic heterocycles. The van der Waals surface area contributed by atoms with Gasteiger partial charge in [0, 0.05) is 18.0 Å². The summed E-state index contributed by atoms with van der Waals surface area (Å²) in [6.45, 7) is 8.23. The molecule has 0 saturated heterocycles. The van der Waals surface area contributed by atoms with Crippen molar-refractivity contribution in [3.8, 4) is 11.4 Å². The fraction of sp³-hybridized carbons (Fsp3) is 0.389. The summed E-state index contributed by atoms with van der Waals surface area (Å²) in [6.07, 6.45) is 0. The lowest BCUT2D eigenvalue weighted by Gasteiger charge is -2.12. The number of benzene rings is 1. The van der Waals surface area contributed by atoms with Crippen LogP contribution in [0.4, 0.5) is 5.13 Å². The van der Waals surface area contributed by atoms with Gasteiger partial charge in [0.1, 0.15) is 5.01 Å². The maximum atomic E-state index is 12.2. The molecule has 142 valence electrons. The van der Waals surface area contributed by atoms with E-state index in [0.29, 0.717) is 10.3 Å². The summed E-state index contributed by atoms with van der Waals surface area (Å²) in [6, 6.07) is 8.10. The first kappa shape index (κ1) is 19.5. The van der Waals surface area contributed by atoms with Crippen LogP contribution in [0, 0.1) is 6.92 Å². The summed E-state index contributed by atoms with van der Waals surface area (Å²) in [5.74, 6) is 0.863. The lowest BCUT2D eigenvalue weighted by molar-refractivity contribution is -0.113. The zero-order valence-corrected chi connectivity index (χ0v) is 17.6. The van der Waals surface area contributed by atoms with Crippen molar-refractivity contribution >= 4 is 34.1 Å². The lowest BCUT2D eigenvalue weighted by atomic mass is 9.98. The topological polar surface area (TPSA) is 85.6 Å². The summed E-state index contributed by atoms with van der Waals surface area (Å²) in [5, 5.41) is 21.5. The molecule has 0 aliphatic rings. The second-order valence-corrected chi connectivity index (χ2v) is 9.15. The highest BCUT2D eigenvalue weighted by atomic mass is 32.2. The van der Waals surface area contributed by atoms with E-state index in [9.17, 15) is 4.79 Å². The second kappa shape index (κ2) is 7.77. The van der Waals surface area contributed by atoms with Gasteiger partial charge in [-0.25, -0.2) is 0 Å². The molecule has 2 heterocycles. The molecule has 0 unspecified atom stereocenters. The van der Waals surface area contributed by atoms with Gasteiger partial charge in [0.15, 0.2) is 11.0 Å². The number of carbonyl (C=O) groups is 1. The summed E-state index contributed by atoms with van der Waals surface area (Å²) in [5.41, 5.74) is 2.08. The molecular weight excluding hydrogens is 380 g/mol. The van der Waals surface area contributed by atoms with Crippen molar-refractivity contribution in [2.75, 3.05) is 11.1 Å². The van der Waals surface area contributed by atoms with Gasteiger partial charge in [-0.2, -0.15) is 0 Å². The van der Waals surface area contributed by atoms with Crippen LogP contribution in [0.2, 0.25) is 0 Å². The first-order chi connectivity index (χ1) is 12.7. The van der Waals surface area contributed by atoms with Crippen LogP contribution in [0.3, 0.4) is 0 Å². The Balaban J connectivity index is 1.62. The molecule has 1 amide bonds. The van der Waals surface area contributed by atoms with Crippen LogP contribution in [0.5, 0.6) is 0 Å². The van der Waals surface area contributed by atoms with Crippen LogP contribution >= 0.6 is 23.1 Å². The van der Waals surface area contributed by atoms with E-state index in [1.165, 1.54) is 23.1 Å². The molecule has 1 N–H and O–H groups in total. The molecule has 0 saturated carbocycles. The van der Waals surface area contributed by atoms with Gasteiger partial charge in [0.2, 0.25) is 11.0 Å². The van der Waals surface area contributed by atoms with Crippen molar-refractivity contribution < 1.29 is 4.79 Å². The molecule has 3 rings (SSSR count).